The lowest BCUT2D eigenvalue weighted by Crippen LogP contribution is -2.23. The maximum Gasteiger partial charge on any atom is 0.387 e. The highest BCUT2D eigenvalue weighted by molar-refractivity contribution is 7.99. The first-order valence-electron chi connectivity index (χ1n) is 9.90. The number of para-hydroxylation sites is 3. The van der Waals surface area contributed by atoms with E-state index in [-0.39, 0.29) is 22.7 Å². The van der Waals surface area contributed by atoms with Crippen molar-refractivity contribution in [2.75, 3.05) is 11.1 Å². The van der Waals surface area contributed by atoms with E-state index in [9.17, 15) is 18.4 Å². The van der Waals surface area contributed by atoms with Crippen molar-refractivity contribution in [3.63, 3.8) is 0 Å². The largest absolute Gasteiger partial charge is 0.433 e. The van der Waals surface area contributed by atoms with Crippen LogP contribution in [-0.2, 0) is 4.79 Å². The fourth-order valence-electron chi connectivity index (χ4n) is 3.26. The van der Waals surface area contributed by atoms with E-state index >= 15 is 0 Å². The summed E-state index contributed by atoms with van der Waals surface area (Å²) in [7, 11) is 0. The third-order valence-corrected chi connectivity index (χ3v) is 6.94. The minimum Gasteiger partial charge on any atom is -0.433 e. The van der Waals surface area contributed by atoms with Gasteiger partial charge in [-0.3, -0.25) is 14.2 Å². The number of carbonyl (C=O) groups is 1. The van der Waals surface area contributed by atoms with Crippen LogP contribution in [0.25, 0.3) is 15.9 Å². The zero-order valence-electron chi connectivity index (χ0n) is 17.7. The predicted octanol–water partition coefficient (Wildman–Crippen LogP) is 5.40. The van der Waals surface area contributed by atoms with Crippen LogP contribution in [0.15, 0.2) is 64.5 Å². The van der Waals surface area contributed by atoms with Crippen molar-refractivity contribution in [3.05, 3.63) is 75.4 Å². The summed E-state index contributed by atoms with van der Waals surface area (Å²) in [4.78, 5) is 32.3. The van der Waals surface area contributed by atoms with Gasteiger partial charge in [0.25, 0.3) is 5.56 Å². The van der Waals surface area contributed by atoms with Gasteiger partial charge in [0.1, 0.15) is 10.6 Å². The van der Waals surface area contributed by atoms with Crippen LogP contribution in [0, 0.1) is 13.8 Å². The summed E-state index contributed by atoms with van der Waals surface area (Å²) in [5.41, 5.74) is 1.46. The average Bonchev–Trinajstić information content (AvgIpc) is 3.07. The quantitative estimate of drug-likeness (QED) is 0.279. The molecule has 2 heterocycles. The Morgan fingerprint density at radius 1 is 1.15 bits per heavy atom. The van der Waals surface area contributed by atoms with Gasteiger partial charge in [-0.05, 0) is 43.7 Å². The molecule has 0 aliphatic heterocycles. The van der Waals surface area contributed by atoms with Crippen molar-refractivity contribution in [1.82, 2.24) is 9.55 Å². The van der Waals surface area contributed by atoms with Crippen LogP contribution in [0.1, 0.15) is 10.4 Å². The fourth-order valence-corrected chi connectivity index (χ4v) is 5.14. The minimum absolute atomic E-state index is 0.0862. The molecule has 0 fully saturated rings. The first kappa shape index (κ1) is 22.9. The van der Waals surface area contributed by atoms with Crippen LogP contribution < -0.4 is 15.6 Å². The summed E-state index contributed by atoms with van der Waals surface area (Å²) in [6.45, 7) is 0.824. The van der Waals surface area contributed by atoms with Crippen molar-refractivity contribution < 1.29 is 18.3 Å². The van der Waals surface area contributed by atoms with E-state index in [2.05, 4.69) is 15.0 Å². The number of ether oxygens (including phenoxy) is 1. The van der Waals surface area contributed by atoms with Crippen LogP contribution in [0.4, 0.5) is 14.5 Å². The molecule has 2 aromatic carbocycles. The molecule has 4 aromatic rings. The van der Waals surface area contributed by atoms with Crippen molar-refractivity contribution >= 4 is 44.9 Å². The van der Waals surface area contributed by atoms with Crippen LogP contribution in [0.3, 0.4) is 0 Å². The maximum atomic E-state index is 13.4. The van der Waals surface area contributed by atoms with Gasteiger partial charge < -0.3 is 10.1 Å². The maximum absolute atomic E-state index is 13.4. The number of halogens is 2. The Balaban J connectivity index is 1.64. The van der Waals surface area contributed by atoms with Gasteiger partial charge >= 0.3 is 6.61 Å². The Morgan fingerprint density at radius 2 is 1.85 bits per heavy atom. The molecule has 0 bridgehead atoms. The lowest BCUT2D eigenvalue weighted by atomic mass is 10.2. The van der Waals surface area contributed by atoms with Crippen molar-refractivity contribution in [2.45, 2.75) is 25.6 Å². The number of aryl methyl sites for hydroxylation is 2. The molecule has 0 radical (unpaired) electrons. The smallest absolute Gasteiger partial charge is 0.387 e. The van der Waals surface area contributed by atoms with E-state index in [1.807, 2.05) is 32.0 Å². The molecule has 0 unspecified atom stereocenters. The third-order valence-electron chi connectivity index (χ3n) is 4.90. The monoisotopic (exact) mass is 487 g/mol. The lowest BCUT2D eigenvalue weighted by Gasteiger charge is -2.13. The number of hydrogen-bond acceptors (Lipinski definition) is 6. The molecule has 4 rings (SSSR count). The molecule has 0 aliphatic carbocycles. The minimum atomic E-state index is -3.01. The first-order chi connectivity index (χ1) is 15.8. The Morgan fingerprint density at radius 3 is 2.58 bits per heavy atom. The van der Waals surface area contributed by atoms with E-state index in [1.54, 1.807) is 18.2 Å². The van der Waals surface area contributed by atoms with Gasteiger partial charge in [0.2, 0.25) is 5.91 Å². The van der Waals surface area contributed by atoms with E-state index in [4.69, 9.17) is 0 Å². The van der Waals surface area contributed by atoms with Crippen molar-refractivity contribution in [3.8, 4) is 11.4 Å². The van der Waals surface area contributed by atoms with E-state index < -0.39 is 12.5 Å². The van der Waals surface area contributed by atoms with Crippen molar-refractivity contribution in [1.29, 1.82) is 0 Å². The lowest BCUT2D eigenvalue weighted by molar-refractivity contribution is -0.113. The Kier molecular flexibility index (Phi) is 6.75. The normalized spacial score (nSPS) is 11.2. The highest BCUT2D eigenvalue weighted by atomic mass is 32.2. The Hall–Kier alpha value is -3.24. The van der Waals surface area contributed by atoms with Crippen LogP contribution in [0.5, 0.6) is 5.75 Å². The van der Waals surface area contributed by atoms with E-state index in [1.165, 1.54) is 34.1 Å². The number of nitrogens with zero attached hydrogens (tertiary/aromatic N) is 2. The molecular weight excluding hydrogens is 468 g/mol. The Labute approximate surface area is 196 Å². The number of nitrogens with one attached hydrogen (secondary N) is 1. The molecular formula is C23H19F2N3O3S2. The highest BCUT2D eigenvalue weighted by Gasteiger charge is 2.19. The fraction of sp³-hybridized carbons (Fsp3) is 0.174. The van der Waals surface area contributed by atoms with Gasteiger partial charge in [0.15, 0.2) is 5.16 Å². The summed E-state index contributed by atoms with van der Waals surface area (Å²) in [6, 6.07) is 15.0. The molecule has 0 aliphatic rings. The molecule has 0 atom stereocenters. The van der Waals surface area contributed by atoms with Gasteiger partial charge in [-0.1, -0.05) is 42.1 Å². The molecule has 6 nitrogen and oxygen atoms in total. The van der Waals surface area contributed by atoms with E-state index in [0.29, 0.717) is 21.1 Å². The number of alkyl halides is 2. The first-order valence-corrected chi connectivity index (χ1v) is 11.7. The predicted molar refractivity (Wildman–Crippen MR) is 127 cm³/mol. The number of thiophene rings is 1. The number of hydrogen-bond donors (Lipinski definition) is 1. The molecule has 33 heavy (non-hydrogen) atoms. The summed E-state index contributed by atoms with van der Waals surface area (Å²) >= 11 is 2.52. The zero-order valence-corrected chi connectivity index (χ0v) is 19.3. The molecule has 0 spiro atoms. The number of fused-ring (bicyclic) bond motifs is 1. The standard InChI is InChI=1S/C23H19F2N3O3S2/c1-13-14(2)33-20-19(13)21(30)28(15-8-4-3-5-9-15)23(27-20)32-12-18(29)26-16-10-6-7-11-17(16)31-22(24)25/h3-11,22H,12H2,1-2H3,(H,26,29). The molecule has 170 valence electrons. The third kappa shape index (κ3) is 4.91. The van der Waals surface area contributed by atoms with Crippen LogP contribution in [-0.4, -0.2) is 27.8 Å². The second-order valence-electron chi connectivity index (χ2n) is 7.05. The highest BCUT2D eigenvalue weighted by Crippen LogP contribution is 2.30. The summed E-state index contributed by atoms with van der Waals surface area (Å²) in [5, 5.41) is 3.51. The molecule has 1 amide bonds. The second-order valence-corrected chi connectivity index (χ2v) is 9.19. The molecule has 0 saturated carbocycles. The molecule has 2 aromatic heterocycles. The van der Waals surface area contributed by atoms with Gasteiger partial charge in [0, 0.05) is 4.88 Å². The molecule has 1 N–H and O–H groups in total. The number of benzene rings is 2. The van der Waals surface area contributed by atoms with Crippen LogP contribution >= 0.6 is 23.1 Å². The number of anilines is 1. The SMILES string of the molecule is Cc1sc2nc(SCC(=O)Nc3ccccc3OC(F)F)n(-c3ccccc3)c(=O)c2c1C. The van der Waals surface area contributed by atoms with Gasteiger partial charge in [-0.15, -0.1) is 11.3 Å². The van der Waals surface area contributed by atoms with E-state index in [0.717, 1.165) is 22.2 Å². The van der Waals surface area contributed by atoms with Gasteiger partial charge in [-0.2, -0.15) is 8.78 Å². The Bertz CT molecular complexity index is 1370. The summed E-state index contributed by atoms with van der Waals surface area (Å²) in [6.07, 6.45) is 0. The number of thioether (sulfide) groups is 1. The summed E-state index contributed by atoms with van der Waals surface area (Å²) in [5.74, 6) is -0.661. The average molecular weight is 488 g/mol. The number of rotatable bonds is 7. The van der Waals surface area contributed by atoms with Gasteiger partial charge in [0.05, 0.1) is 22.5 Å². The topological polar surface area (TPSA) is 73.2 Å². The second kappa shape index (κ2) is 9.72. The number of aromatic nitrogens is 2. The number of carbonyl (C=O) groups excluding carboxylic acids is 1. The number of amides is 1. The van der Waals surface area contributed by atoms with Crippen LogP contribution in [0.2, 0.25) is 0 Å². The molecule has 0 saturated heterocycles. The zero-order chi connectivity index (χ0) is 23.5. The summed E-state index contributed by atoms with van der Waals surface area (Å²) < 4.78 is 31.2. The van der Waals surface area contributed by atoms with Gasteiger partial charge in [-0.25, -0.2) is 4.98 Å². The van der Waals surface area contributed by atoms with Crippen molar-refractivity contribution in [2.24, 2.45) is 0 Å². The molecule has 10 heteroatoms.